The molecule has 0 saturated carbocycles. The van der Waals surface area contributed by atoms with Crippen LogP contribution in [0.1, 0.15) is 60.3 Å². The predicted molar refractivity (Wildman–Crippen MR) is 143 cm³/mol. The topological polar surface area (TPSA) is 38.8 Å². The van der Waals surface area contributed by atoms with E-state index in [1.54, 1.807) is 0 Å². The number of hydrogen-bond acceptors (Lipinski definition) is 4. The largest absolute Gasteiger partial charge is 0.467 e. The van der Waals surface area contributed by atoms with Gasteiger partial charge in [-0.1, -0.05) is 48.0 Å². The summed E-state index contributed by atoms with van der Waals surface area (Å²) in [5.74, 6) is -0.369. The van der Waals surface area contributed by atoms with Gasteiger partial charge in [-0.3, -0.25) is 0 Å². The van der Waals surface area contributed by atoms with Gasteiger partial charge in [-0.15, -0.1) is 0 Å². The summed E-state index contributed by atoms with van der Waals surface area (Å²) in [4.78, 5) is 15.6. The number of para-hydroxylation sites is 1. The van der Waals surface area contributed by atoms with Gasteiger partial charge in [0, 0.05) is 24.3 Å². The highest BCUT2D eigenvalue weighted by Crippen LogP contribution is 2.43. The first-order valence-corrected chi connectivity index (χ1v) is 12.4. The molecule has 1 aliphatic rings. The zero-order valence-corrected chi connectivity index (χ0v) is 22.1. The van der Waals surface area contributed by atoms with Crippen LogP contribution in [0.2, 0.25) is 0 Å². The number of aryl methyl sites for hydroxylation is 1. The molecule has 0 aliphatic carbocycles. The van der Waals surface area contributed by atoms with Gasteiger partial charge in [-0.05, 0) is 93.5 Å². The molecule has 184 valence electrons. The molecule has 0 spiro atoms. The van der Waals surface area contributed by atoms with Crippen molar-refractivity contribution in [3.8, 4) is 11.1 Å². The van der Waals surface area contributed by atoms with Gasteiger partial charge >= 0.3 is 5.97 Å². The van der Waals surface area contributed by atoms with E-state index in [1.807, 2.05) is 26.8 Å². The Balaban J connectivity index is 1.96. The summed E-state index contributed by atoms with van der Waals surface area (Å²) in [5.41, 5.74) is 10.0. The van der Waals surface area contributed by atoms with Crippen molar-refractivity contribution in [2.45, 2.75) is 66.2 Å². The second-order valence-corrected chi connectivity index (χ2v) is 10.5. The van der Waals surface area contributed by atoms with Crippen LogP contribution in [0.25, 0.3) is 11.1 Å². The van der Waals surface area contributed by atoms with Crippen LogP contribution < -0.4 is 4.90 Å². The van der Waals surface area contributed by atoms with Gasteiger partial charge in [0.05, 0.1) is 12.7 Å². The Hall–Kier alpha value is -3.11. The van der Waals surface area contributed by atoms with Crippen molar-refractivity contribution in [3.05, 3.63) is 88.0 Å². The van der Waals surface area contributed by atoms with Crippen molar-refractivity contribution >= 4 is 11.7 Å². The number of ether oxygens (including phenoxy) is 2. The van der Waals surface area contributed by atoms with E-state index in [4.69, 9.17) is 9.47 Å². The number of fused-ring (bicyclic) bond motifs is 1. The molecule has 35 heavy (non-hydrogen) atoms. The normalized spacial score (nSPS) is 14.4. The maximum atomic E-state index is 13.2. The van der Waals surface area contributed by atoms with Gasteiger partial charge in [-0.25, -0.2) is 4.79 Å². The summed E-state index contributed by atoms with van der Waals surface area (Å²) >= 11 is 0. The Morgan fingerprint density at radius 2 is 1.57 bits per heavy atom. The molecule has 0 radical (unpaired) electrons. The predicted octanol–water partition coefficient (Wildman–Crippen LogP) is 6.87. The molecular formula is C31H37NO3. The number of carbonyl (C=O) groups excluding carboxylic acids is 1. The zero-order chi connectivity index (χ0) is 25.3. The Labute approximate surface area is 209 Å². The lowest BCUT2D eigenvalue weighted by Gasteiger charge is -2.36. The maximum absolute atomic E-state index is 13.2. The first-order chi connectivity index (χ1) is 16.6. The monoisotopic (exact) mass is 471 g/mol. The minimum Gasteiger partial charge on any atom is -0.467 e. The SMILES string of the molecule is COC(=O)C(OC(C)(C)C)c1c(C)c2c(c(C)c1-c1ccc(C)cc1)CCN(c1ccccc1)C2. The molecule has 0 aromatic heterocycles. The fourth-order valence-corrected chi connectivity index (χ4v) is 5.19. The second-order valence-electron chi connectivity index (χ2n) is 10.5. The van der Waals surface area contributed by atoms with Gasteiger partial charge in [0.2, 0.25) is 0 Å². The molecule has 1 aliphatic heterocycles. The van der Waals surface area contributed by atoms with E-state index in [-0.39, 0.29) is 5.97 Å². The van der Waals surface area contributed by atoms with Crippen LogP contribution in [0, 0.1) is 20.8 Å². The van der Waals surface area contributed by atoms with E-state index in [0.29, 0.717) is 0 Å². The third kappa shape index (κ3) is 5.13. The quantitative estimate of drug-likeness (QED) is 0.381. The molecule has 0 fully saturated rings. The van der Waals surface area contributed by atoms with Crippen molar-refractivity contribution in [3.63, 3.8) is 0 Å². The van der Waals surface area contributed by atoms with E-state index < -0.39 is 11.7 Å². The van der Waals surface area contributed by atoms with E-state index in [1.165, 1.54) is 35.1 Å². The number of esters is 1. The average molecular weight is 472 g/mol. The minimum absolute atomic E-state index is 0.369. The fourth-order valence-electron chi connectivity index (χ4n) is 5.19. The number of hydrogen-bond donors (Lipinski definition) is 0. The van der Waals surface area contributed by atoms with Crippen LogP contribution in [-0.2, 0) is 27.2 Å². The summed E-state index contributed by atoms with van der Waals surface area (Å²) in [6, 6.07) is 19.1. The van der Waals surface area contributed by atoms with Crippen LogP contribution >= 0.6 is 0 Å². The number of benzene rings is 3. The molecule has 0 saturated heterocycles. The first kappa shape index (κ1) is 25.0. The Bertz CT molecular complexity index is 1210. The van der Waals surface area contributed by atoms with Gasteiger partial charge in [0.1, 0.15) is 0 Å². The number of methoxy groups -OCH3 is 1. The summed E-state index contributed by atoms with van der Waals surface area (Å²) in [5, 5.41) is 0. The molecule has 0 amide bonds. The number of anilines is 1. The van der Waals surface area contributed by atoms with Gasteiger partial charge in [0.15, 0.2) is 6.10 Å². The maximum Gasteiger partial charge on any atom is 0.339 e. The molecule has 3 aromatic carbocycles. The Kier molecular flexibility index (Phi) is 7.05. The molecular weight excluding hydrogens is 434 g/mol. The summed E-state index contributed by atoms with van der Waals surface area (Å²) in [7, 11) is 1.44. The molecule has 4 nitrogen and oxygen atoms in total. The Morgan fingerprint density at radius 3 is 2.17 bits per heavy atom. The third-order valence-electron chi connectivity index (χ3n) is 6.91. The van der Waals surface area contributed by atoms with Crippen molar-refractivity contribution in [1.29, 1.82) is 0 Å². The van der Waals surface area contributed by atoms with E-state index >= 15 is 0 Å². The Morgan fingerprint density at radius 1 is 0.914 bits per heavy atom. The lowest BCUT2D eigenvalue weighted by atomic mass is 9.80. The summed E-state index contributed by atoms with van der Waals surface area (Å²) < 4.78 is 11.7. The molecule has 0 bridgehead atoms. The molecule has 1 heterocycles. The smallest absolute Gasteiger partial charge is 0.339 e. The first-order valence-electron chi connectivity index (χ1n) is 12.4. The molecule has 0 N–H and O–H groups in total. The third-order valence-corrected chi connectivity index (χ3v) is 6.91. The molecule has 1 unspecified atom stereocenters. The van der Waals surface area contributed by atoms with Crippen LogP contribution in [-0.4, -0.2) is 25.2 Å². The molecule has 4 rings (SSSR count). The number of nitrogens with zero attached hydrogens (tertiary/aromatic N) is 1. The molecule has 1 atom stereocenters. The minimum atomic E-state index is -0.813. The molecule has 3 aromatic rings. The van der Waals surface area contributed by atoms with Crippen LogP contribution in [0.4, 0.5) is 5.69 Å². The standard InChI is InChI=1S/C31H37NO3/c1-20-13-15-23(16-14-20)27-21(2)25-17-18-32(24-11-9-8-10-12-24)19-26(25)22(3)28(27)29(30(33)34-7)35-31(4,5)6/h8-16,29H,17-19H2,1-7H3. The van der Waals surface area contributed by atoms with Gasteiger partial charge in [0.25, 0.3) is 0 Å². The fraction of sp³-hybridized carbons (Fsp3) is 0.387. The second kappa shape index (κ2) is 9.87. The number of rotatable bonds is 5. The lowest BCUT2D eigenvalue weighted by molar-refractivity contribution is -0.164. The van der Waals surface area contributed by atoms with E-state index in [0.717, 1.165) is 41.8 Å². The summed E-state index contributed by atoms with van der Waals surface area (Å²) in [6.07, 6.45) is 0.145. The van der Waals surface area contributed by atoms with Crippen LogP contribution in [0.5, 0.6) is 0 Å². The van der Waals surface area contributed by atoms with E-state index in [9.17, 15) is 4.79 Å². The van der Waals surface area contributed by atoms with Crippen LogP contribution in [0.15, 0.2) is 54.6 Å². The lowest BCUT2D eigenvalue weighted by Crippen LogP contribution is -2.33. The van der Waals surface area contributed by atoms with E-state index in [2.05, 4.69) is 74.2 Å². The van der Waals surface area contributed by atoms with Crippen molar-refractivity contribution in [2.24, 2.45) is 0 Å². The van der Waals surface area contributed by atoms with Crippen molar-refractivity contribution in [2.75, 3.05) is 18.6 Å². The van der Waals surface area contributed by atoms with Gasteiger partial charge in [-0.2, -0.15) is 0 Å². The van der Waals surface area contributed by atoms with Crippen molar-refractivity contribution in [1.82, 2.24) is 0 Å². The highest BCUT2D eigenvalue weighted by atomic mass is 16.6. The highest BCUT2D eigenvalue weighted by molar-refractivity contribution is 5.85. The zero-order valence-electron chi connectivity index (χ0n) is 22.1. The average Bonchev–Trinajstić information content (AvgIpc) is 2.84. The molecule has 4 heteroatoms. The van der Waals surface area contributed by atoms with Crippen molar-refractivity contribution < 1.29 is 14.3 Å². The number of carbonyl (C=O) groups is 1. The van der Waals surface area contributed by atoms with Gasteiger partial charge < -0.3 is 14.4 Å². The van der Waals surface area contributed by atoms with Crippen LogP contribution in [0.3, 0.4) is 0 Å². The summed E-state index contributed by atoms with van der Waals surface area (Å²) in [6.45, 7) is 14.1. The highest BCUT2D eigenvalue weighted by Gasteiger charge is 2.35.